The summed E-state index contributed by atoms with van der Waals surface area (Å²) >= 11 is 0. The zero-order valence-corrected chi connectivity index (χ0v) is 17.3. The van der Waals surface area contributed by atoms with E-state index in [9.17, 15) is 0 Å². The van der Waals surface area contributed by atoms with Gasteiger partial charge >= 0.3 is 0 Å². The summed E-state index contributed by atoms with van der Waals surface area (Å²) in [5.74, 6) is 1.59. The lowest BCUT2D eigenvalue weighted by atomic mass is 9.68. The van der Waals surface area contributed by atoms with Crippen LogP contribution in [0.4, 0.5) is 0 Å². The maximum Gasteiger partial charge on any atom is 0.115 e. The molecule has 2 unspecified atom stereocenters. The van der Waals surface area contributed by atoms with Crippen LogP contribution in [0.15, 0.2) is 54.6 Å². The third-order valence-corrected chi connectivity index (χ3v) is 5.75. The van der Waals surface area contributed by atoms with Gasteiger partial charge in [-0.05, 0) is 82.1 Å². The summed E-state index contributed by atoms with van der Waals surface area (Å²) in [5.41, 5.74) is 14.6. The number of nitrogens with two attached hydrogens (primary N) is 2. The van der Waals surface area contributed by atoms with E-state index in [4.69, 9.17) is 16.6 Å². The molecule has 0 heterocycles. The van der Waals surface area contributed by atoms with E-state index in [0.717, 1.165) is 5.56 Å². The lowest BCUT2D eigenvalue weighted by Crippen LogP contribution is -2.48. The Morgan fingerprint density at radius 2 is 1.19 bits per heavy atom. The first-order valence-electron chi connectivity index (χ1n) is 9.99. The van der Waals surface area contributed by atoms with Crippen molar-refractivity contribution in [2.24, 2.45) is 23.3 Å². The van der Waals surface area contributed by atoms with Crippen molar-refractivity contribution in [3.05, 3.63) is 54.6 Å². The van der Waals surface area contributed by atoms with E-state index in [1.807, 2.05) is 42.5 Å². The number of phenols is 1. The second kappa shape index (κ2) is 8.90. The molecule has 2 atom stereocenters. The number of phenolic OH excluding ortho intramolecular Hbond substituents is 1. The summed E-state index contributed by atoms with van der Waals surface area (Å²) in [5, 5.41) is 9.10. The molecule has 1 aliphatic rings. The van der Waals surface area contributed by atoms with Crippen LogP contribution in [-0.2, 0) is 0 Å². The van der Waals surface area contributed by atoms with Crippen molar-refractivity contribution in [3.8, 4) is 16.9 Å². The monoisotopic (exact) mass is 368 g/mol. The van der Waals surface area contributed by atoms with Gasteiger partial charge in [0.05, 0.1) is 0 Å². The molecular weight excluding hydrogens is 332 g/mol. The van der Waals surface area contributed by atoms with Crippen LogP contribution in [0.5, 0.6) is 5.75 Å². The highest BCUT2D eigenvalue weighted by Crippen LogP contribution is 2.38. The Morgan fingerprint density at radius 1 is 0.741 bits per heavy atom. The molecular formula is C24H36N2O. The fourth-order valence-electron chi connectivity index (χ4n) is 3.83. The van der Waals surface area contributed by atoms with Gasteiger partial charge in [-0.15, -0.1) is 0 Å². The van der Waals surface area contributed by atoms with Crippen molar-refractivity contribution in [2.45, 2.75) is 64.5 Å². The first-order chi connectivity index (χ1) is 12.6. The Hall–Kier alpha value is -1.84. The molecule has 0 spiro atoms. The van der Waals surface area contributed by atoms with Crippen LogP contribution in [-0.4, -0.2) is 16.2 Å². The summed E-state index contributed by atoms with van der Waals surface area (Å²) in [7, 11) is 0. The largest absolute Gasteiger partial charge is 0.508 e. The van der Waals surface area contributed by atoms with Gasteiger partial charge in [-0.1, -0.05) is 48.9 Å². The van der Waals surface area contributed by atoms with Gasteiger partial charge in [0, 0.05) is 11.1 Å². The van der Waals surface area contributed by atoms with Crippen LogP contribution >= 0.6 is 0 Å². The molecule has 2 aromatic rings. The zero-order chi connectivity index (χ0) is 20.1. The van der Waals surface area contributed by atoms with Gasteiger partial charge in [-0.25, -0.2) is 0 Å². The highest BCUT2D eigenvalue weighted by atomic mass is 16.3. The van der Waals surface area contributed by atoms with Gasteiger partial charge in [-0.2, -0.15) is 0 Å². The summed E-state index contributed by atoms with van der Waals surface area (Å²) in [6, 6.07) is 17.3. The van der Waals surface area contributed by atoms with E-state index in [-0.39, 0.29) is 11.1 Å². The molecule has 0 radical (unpaired) electrons. The van der Waals surface area contributed by atoms with E-state index in [1.54, 1.807) is 12.1 Å². The van der Waals surface area contributed by atoms with E-state index in [0.29, 0.717) is 17.6 Å². The summed E-state index contributed by atoms with van der Waals surface area (Å²) in [6.45, 7) is 8.57. The predicted octanol–water partition coefficient (Wildman–Crippen LogP) is 5.33. The van der Waals surface area contributed by atoms with Gasteiger partial charge in [0.2, 0.25) is 0 Å². The maximum absolute atomic E-state index is 9.10. The van der Waals surface area contributed by atoms with Gasteiger partial charge < -0.3 is 16.6 Å². The molecule has 2 aromatic carbocycles. The minimum Gasteiger partial charge on any atom is -0.508 e. The molecule has 0 aromatic heterocycles. The lowest BCUT2D eigenvalue weighted by molar-refractivity contribution is 0.142. The SMILES string of the molecule is CC(C)(N)C1CCCC(C(C)(C)N)C1.Oc1ccc(-c2ccccc2)cc1. The Kier molecular flexibility index (Phi) is 7.07. The number of hydrogen-bond donors (Lipinski definition) is 3. The van der Waals surface area contributed by atoms with Crippen molar-refractivity contribution in [1.82, 2.24) is 0 Å². The van der Waals surface area contributed by atoms with Crippen molar-refractivity contribution in [1.29, 1.82) is 0 Å². The van der Waals surface area contributed by atoms with Crippen molar-refractivity contribution in [2.75, 3.05) is 0 Å². The molecule has 0 bridgehead atoms. The van der Waals surface area contributed by atoms with Crippen LogP contribution < -0.4 is 11.5 Å². The molecule has 0 amide bonds. The van der Waals surface area contributed by atoms with E-state index in [1.165, 1.54) is 31.2 Å². The standard InChI is InChI=1S/C12H26N2.C12H10O/c1-11(2,13)9-6-5-7-10(8-9)12(3,4)14;13-12-8-6-11(7-9-12)10-4-2-1-3-5-10/h9-10H,5-8,13-14H2,1-4H3;1-9,13H. The smallest absolute Gasteiger partial charge is 0.115 e. The van der Waals surface area contributed by atoms with Crippen LogP contribution in [0.2, 0.25) is 0 Å². The van der Waals surface area contributed by atoms with Gasteiger partial charge in [-0.3, -0.25) is 0 Å². The molecule has 1 aliphatic carbocycles. The average molecular weight is 369 g/mol. The Bertz CT molecular complexity index is 661. The fourth-order valence-corrected chi connectivity index (χ4v) is 3.83. The van der Waals surface area contributed by atoms with Crippen LogP contribution in [0.1, 0.15) is 53.4 Å². The first-order valence-corrected chi connectivity index (χ1v) is 9.99. The molecule has 5 N–H and O–H groups in total. The molecule has 1 saturated carbocycles. The van der Waals surface area contributed by atoms with Gasteiger partial charge in [0.15, 0.2) is 0 Å². The molecule has 3 rings (SSSR count). The third kappa shape index (κ3) is 6.67. The number of aromatic hydroxyl groups is 1. The van der Waals surface area contributed by atoms with Gasteiger partial charge in [0.1, 0.15) is 5.75 Å². The van der Waals surface area contributed by atoms with Crippen LogP contribution in [0.25, 0.3) is 11.1 Å². The molecule has 0 aliphatic heterocycles. The van der Waals surface area contributed by atoms with E-state index in [2.05, 4.69) is 27.7 Å². The first kappa shape index (κ1) is 21.5. The molecule has 3 heteroatoms. The third-order valence-electron chi connectivity index (χ3n) is 5.75. The molecule has 148 valence electrons. The van der Waals surface area contributed by atoms with Crippen molar-refractivity contribution in [3.63, 3.8) is 0 Å². The topological polar surface area (TPSA) is 72.3 Å². The normalized spacial score (nSPS) is 20.5. The Labute approximate surface area is 164 Å². The van der Waals surface area contributed by atoms with Crippen LogP contribution in [0.3, 0.4) is 0 Å². The number of hydrogen-bond acceptors (Lipinski definition) is 3. The highest BCUT2D eigenvalue weighted by molar-refractivity contribution is 5.63. The fraction of sp³-hybridized carbons (Fsp3) is 0.500. The predicted molar refractivity (Wildman–Crippen MR) is 116 cm³/mol. The maximum atomic E-state index is 9.10. The van der Waals surface area contributed by atoms with Crippen molar-refractivity contribution >= 4 is 0 Å². The lowest BCUT2D eigenvalue weighted by Gasteiger charge is -2.42. The number of rotatable bonds is 3. The van der Waals surface area contributed by atoms with Crippen molar-refractivity contribution < 1.29 is 5.11 Å². The minimum absolute atomic E-state index is 0.0378. The second-order valence-corrected chi connectivity index (χ2v) is 9.12. The zero-order valence-electron chi connectivity index (χ0n) is 17.3. The molecule has 0 saturated heterocycles. The van der Waals surface area contributed by atoms with E-state index >= 15 is 0 Å². The quantitative estimate of drug-likeness (QED) is 0.686. The molecule has 3 nitrogen and oxygen atoms in total. The molecule has 1 fully saturated rings. The Morgan fingerprint density at radius 3 is 1.63 bits per heavy atom. The van der Waals surface area contributed by atoms with Gasteiger partial charge in [0.25, 0.3) is 0 Å². The van der Waals surface area contributed by atoms with Crippen LogP contribution in [0, 0.1) is 11.8 Å². The minimum atomic E-state index is -0.0378. The average Bonchev–Trinajstić information content (AvgIpc) is 2.62. The Balaban J connectivity index is 0.000000194. The van der Waals surface area contributed by atoms with E-state index < -0.39 is 0 Å². The highest BCUT2D eigenvalue weighted by Gasteiger charge is 2.35. The molecule has 27 heavy (non-hydrogen) atoms. The summed E-state index contributed by atoms with van der Waals surface area (Å²) in [4.78, 5) is 0. The summed E-state index contributed by atoms with van der Waals surface area (Å²) < 4.78 is 0. The summed E-state index contributed by atoms with van der Waals surface area (Å²) in [6.07, 6.45) is 5.04. The second-order valence-electron chi connectivity index (χ2n) is 9.12. The number of benzene rings is 2.